The summed E-state index contributed by atoms with van der Waals surface area (Å²) in [7, 11) is -4.01. The van der Waals surface area contributed by atoms with Gasteiger partial charge in [0.2, 0.25) is 0 Å². The van der Waals surface area contributed by atoms with Crippen LogP contribution in [0.2, 0.25) is 0 Å². The summed E-state index contributed by atoms with van der Waals surface area (Å²) in [5, 5.41) is 0. The molecule has 0 aliphatic rings. The molecule has 0 saturated heterocycles. The summed E-state index contributed by atoms with van der Waals surface area (Å²) < 4.78 is 29.5. The van der Waals surface area contributed by atoms with Gasteiger partial charge in [0.25, 0.3) is 0 Å². The third kappa shape index (κ3) is 6.29. The molecule has 0 N–H and O–H groups in total. The van der Waals surface area contributed by atoms with Crippen LogP contribution in [-0.2, 0) is 23.8 Å². The normalized spacial score (nSPS) is 11.4. The number of hydrogen-bond acceptors (Lipinski definition) is 5. The van der Waals surface area contributed by atoms with E-state index in [4.69, 9.17) is 0 Å². The summed E-state index contributed by atoms with van der Waals surface area (Å²) >= 11 is 0. The predicted octanol–water partition coefficient (Wildman–Crippen LogP) is 0.792. The quantitative estimate of drug-likeness (QED) is 0.261. The zero-order chi connectivity index (χ0) is 9.45. The van der Waals surface area contributed by atoms with Crippen LogP contribution in [0.15, 0.2) is 12.7 Å². The molecule has 72 valence electrons. The standard InChI is InChI=1S/C6H12O5S/c1-3-5-9-11-12(7,8)10-6-4-2/h4H,2-3,5-6H2,1H3. The molecule has 5 nitrogen and oxygen atoms in total. The Morgan fingerprint density at radius 2 is 2.17 bits per heavy atom. The van der Waals surface area contributed by atoms with E-state index in [1.807, 2.05) is 6.92 Å². The van der Waals surface area contributed by atoms with Gasteiger partial charge in [0.05, 0.1) is 13.2 Å². The molecule has 0 aliphatic heterocycles. The fraction of sp³-hybridized carbons (Fsp3) is 0.667. The molecule has 0 bridgehead atoms. The van der Waals surface area contributed by atoms with Crippen LogP contribution < -0.4 is 0 Å². The van der Waals surface area contributed by atoms with E-state index < -0.39 is 10.4 Å². The minimum Gasteiger partial charge on any atom is -0.242 e. The molecule has 0 unspecified atom stereocenters. The summed E-state index contributed by atoms with van der Waals surface area (Å²) in [4.78, 5) is 4.30. The van der Waals surface area contributed by atoms with E-state index in [-0.39, 0.29) is 13.2 Å². The van der Waals surface area contributed by atoms with Gasteiger partial charge in [-0.05, 0) is 6.42 Å². The SMILES string of the molecule is C=CCOS(=O)(=O)OOCCC. The van der Waals surface area contributed by atoms with Crippen molar-refractivity contribution in [3.63, 3.8) is 0 Å². The van der Waals surface area contributed by atoms with Gasteiger partial charge in [-0.15, -0.1) is 6.58 Å². The van der Waals surface area contributed by atoms with Gasteiger partial charge >= 0.3 is 10.4 Å². The lowest BCUT2D eigenvalue weighted by molar-refractivity contribution is -0.209. The van der Waals surface area contributed by atoms with Gasteiger partial charge in [-0.3, -0.25) is 0 Å². The molecule has 6 heteroatoms. The van der Waals surface area contributed by atoms with Crippen molar-refractivity contribution in [1.29, 1.82) is 0 Å². The highest BCUT2D eigenvalue weighted by molar-refractivity contribution is 7.81. The second-order valence-electron chi connectivity index (χ2n) is 1.87. The molecule has 0 rings (SSSR count). The Hall–Kier alpha value is -0.430. The molecule has 0 fully saturated rings. The second-order valence-corrected chi connectivity index (χ2v) is 3.06. The summed E-state index contributed by atoms with van der Waals surface area (Å²) in [6.07, 6.45) is 1.96. The average molecular weight is 196 g/mol. The first-order valence-corrected chi connectivity index (χ1v) is 4.77. The van der Waals surface area contributed by atoms with Gasteiger partial charge in [-0.2, -0.15) is 8.42 Å². The van der Waals surface area contributed by atoms with Crippen molar-refractivity contribution in [3.05, 3.63) is 12.7 Å². The van der Waals surface area contributed by atoms with Gasteiger partial charge < -0.3 is 0 Å². The van der Waals surface area contributed by atoms with Crippen molar-refractivity contribution in [2.45, 2.75) is 13.3 Å². The third-order valence-corrected chi connectivity index (χ3v) is 1.44. The maximum atomic E-state index is 10.6. The number of rotatable bonds is 7. The lowest BCUT2D eigenvalue weighted by atomic mass is 10.5. The molecule has 0 atom stereocenters. The predicted molar refractivity (Wildman–Crippen MR) is 42.4 cm³/mol. The van der Waals surface area contributed by atoms with Gasteiger partial charge in [0, 0.05) is 0 Å². The third-order valence-electron chi connectivity index (χ3n) is 0.749. The van der Waals surface area contributed by atoms with Crippen molar-refractivity contribution in [2.24, 2.45) is 0 Å². The van der Waals surface area contributed by atoms with Gasteiger partial charge in [-0.25, -0.2) is 9.07 Å². The molecule has 0 saturated carbocycles. The molecule has 12 heavy (non-hydrogen) atoms. The topological polar surface area (TPSA) is 61.8 Å². The fourth-order valence-corrected chi connectivity index (χ4v) is 0.815. The van der Waals surface area contributed by atoms with Crippen LogP contribution in [0.25, 0.3) is 0 Å². The monoisotopic (exact) mass is 196 g/mol. The lowest BCUT2D eigenvalue weighted by Gasteiger charge is -2.01. The molecule has 0 aliphatic carbocycles. The minimum atomic E-state index is -4.01. The largest absolute Gasteiger partial charge is 0.426 e. The smallest absolute Gasteiger partial charge is 0.242 e. The van der Waals surface area contributed by atoms with E-state index >= 15 is 0 Å². The molecule has 0 aromatic carbocycles. The summed E-state index contributed by atoms with van der Waals surface area (Å²) in [6, 6.07) is 0. The maximum Gasteiger partial charge on any atom is 0.426 e. The first-order chi connectivity index (χ1) is 5.62. The second kappa shape index (κ2) is 6.13. The Morgan fingerprint density at radius 3 is 2.67 bits per heavy atom. The molecule has 0 radical (unpaired) electrons. The van der Waals surface area contributed by atoms with Crippen LogP contribution in [0.5, 0.6) is 0 Å². The Labute approximate surface area is 72.2 Å². The minimum absolute atomic E-state index is 0.127. The highest BCUT2D eigenvalue weighted by Crippen LogP contribution is 1.97. The van der Waals surface area contributed by atoms with Crippen molar-refractivity contribution >= 4 is 10.4 Å². The molecule has 0 amide bonds. The Kier molecular flexibility index (Phi) is 5.91. The fourth-order valence-electron chi connectivity index (χ4n) is 0.327. The lowest BCUT2D eigenvalue weighted by Crippen LogP contribution is -2.11. The molecular weight excluding hydrogens is 184 g/mol. The van der Waals surface area contributed by atoms with Gasteiger partial charge in [-0.1, -0.05) is 17.3 Å². The molecule has 0 spiro atoms. The highest BCUT2D eigenvalue weighted by atomic mass is 32.3. The van der Waals surface area contributed by atoms with E-state index in [2.05, 4.69) is 20.0 Å². The van der Waals surface area contributed by atoms with Gasteiger partial charge in [0.15, 0.2) is 0 Å². The summed E-state index contributed by atoms with van der Waals surface area (Å²) in [6.45, 7) is 5.17. The van der Waals surface area contributed by atoms with Crippen molar-refractivity contribution in [2.75, 3.05) is 13.2 Å². The molecular formula is C6H12O5S. The van der Waals surface area contributed by atoms with E-state index in [1.165, 1.54) is 6.08 Å². The Balaban J connectivity index is 3.64. The van der Waals surface area contributed by atoms with Crippen molar-refractivity contribution in [3.8, 4) is 0 Å². The van der Waals surface area contributed by atoms with Crippen LogP contribution in [0.1, 0.15) is 13.3 Å². The molecule has 0 aromatic heterocycles. The molecule has 0 aromatic rings. The van der Waals surface area contributed by atoms with E-state index in [0.717, 1.165) is 0 Å². The van der Waals surface area contributed by atoms with Crippen LogP contribution in [0.3, 0.4) is 0 Å². The van der Waals surface area contributed by atoms with Crippen LogP contribution in [0, 0.1) is 0 Å². The van der Waals surface area contributed by atoms with E-state index in [1.54, 1.807) is 0 Å². The zero-order valence-corrected chi connectivity index (χ0v) is 7.67. The highest BCUT2D eigenvalue weighted by Gasteiger charge is 2.11. The first-order valence-electron chi connectivity index (χ1n) is 3.43. The summed E-state index contributed by atoms with van der Waals surface area (Å²) in [5.74, 6) is 0. The Morgan fingerprint density at radius 1 is 1.50 bits per heavy atom. The Bertz CT molecular complexity index is 208. The van der Waals surface area contributed by atoms with Crippen LogP contribution >= 0.6 is 0 Å². The zero-order valence-electron chi connectivity index (χ0n) is 6.86. The van der Waals surface area contributed by atoms with Crippen molar-refractivity contribution < 1.29 is 21.8 Å². The van der Waals surface area contributed by atoms with Crippen LogP contribution in [-0.4, -0.2) is 21.6 Å². The van der Waals surface area contributed by atoms with Crippen molar-refractivity contribution in [1.82, 2.24) is 0 Å². The first kappa shape index (κ1) is 11.6. The van der Waals surface area contributed by atoms with E-state index in [9.17, 15) is 8.42 Å². The van der Waals surface area contributed by atoms with E-state index in [0.29, 0.717) is 6.42 Å². The van der Waals surface area contributed by atoms with Crippen LogP contribution in [0.4, 0.5) is 0 Å². The summed E-state index contributed by atoms with van der Waals surface area (Å²) in [5.41, 5.74) is 0. The maximum absolute atomic E-state index is 10.6. The number of hydrogen-bond donors (Lipinski definition) is 0. The van der Waals surface area contributed by atoms with Gasteiger partial charge in [0.1, 0.15) is 0 Å². The average Bonchev–Trinajstić information content (AvgIpc) is 2.01. The molecule has 0 heterocycles.